The zero-order chi connectivity index (χ0) is 39.7. The number of aromatic amines is 2. The molecule has 4 aliphatic heterocycles. The van der Waals surface area contributed by atoms with E-state index in [1.807, 2.05) is 6.92 Å². The quantitative estimate of drug-likeness (QED) is 0.149. The largest absolute Gasteiger partial charge is 0.496 e. The van der Waals surface area contributed by atoms with Gasteiger partial charge in [-0.25, -0.2) is 0 Å². The molecule has 2 aromatic carbocycles. The molecule has 6 heterocycles. The van der Waals surface area contributed by atoms with Crippen molar-refractivity contribution in [3.8, 4) is 5.75 Å². The van der Waals surface area contributed by atoms with E-state index in [0.29, 0.717) is 31.2 Å². The monoisotopic (exact) mass is 766 g/mol. The summed E-state index contributed by atoms with van der Waals surface area (Å²) in [5.41, 5.74) is 6.57. The first-order chi connectivity index (χ1) is 27.2. The number of aliphatic hydroxyl groups excluding tert-OH is 2. The second-order valence-corrected chi connectivity index (χ2v) is 16.8. The van der Waals surface area contributed by atoms with Crippen LogP contribution < -0.4 is 4.74 Å². The van der Waals surface area contributed by atoms with Gasteiger partial charge in [-0.3, -0.25) is 19.4 Å². The number of piperidine rings is 3. The number of carbonyl (C=O) groups excluding carboxylic acids is 2. The van der Waals surface area contributed by atoms with Gasteiger partial charge in [0.2, 0.25) is 0 Å². The summed E-state index contributed by atoms with van der Waals surface area (Å²) in [6.45, 7) is 6.58. The number of rotatable bonds is 6. The molecule has 4 aromatic rings. The number of benzene rings is 2. The third-order valence-corrected chi connectivity index (χ3v) is 14.8. The Balaban J connectivity index is 0.00000217. The summed E-state index contributed by atoms with van der Waals surface area (Å²) < 4.78 is 17.7. The molecule has 300 valence electrons. The van der Waals surface area contributed by atoms with Crippen LogP contribution in [-0.2, 0) is 37.3 Å². The van der Waals surface area contributed by atoms with Crippen LogP contribution in [0.15, 0.2) is 48.0 Å². The molecule has 4 fully saturated rings. The number of methoxy groups -OCH3 is 3. The molecular weight excluding hydrogens is 709 g/mol. The van der Waals surface area contributed by atoms with Gasteiger partial charge in [0, 0.05) is 83.9 Å². The highest BCUT2D eigenvalue weighted by Gasteiger charge is 2.63. The van der Waals surface area contributed by atoms with Gasteiger partial charge < -0.3 is 34.4 Å². The average molecular weight is 767 g/mol. The van der Waals surface area contributed by atoms with E-state index in [1.165, 1.54) is 12.7 Å². The summed E-state index contributed by atoms with van der Waals surface area (Å²) >= 11 is 0. The number of nitrogens with one attached hydrogen (secondary N) is 2. The van der Waals surface area contributed by atoms with Crippen LogP contribution in [0.5, 0.6) is 5.75 Å². The molecule has 11 nitrogen and oxygen atoms in total. The fraction of sp³-hybridized carbons (Fsp3) is 0.556. The summed E-state index contributed by atoms with van der Waals surface area (Å²) in [7, 11) is 7.76. The molecule has 4 N–H and O–H groups in total. The maximum Gasteiger partial charge on any atom is 0.319 e. The van der Waals surface area contributed by atoms with Crippen LogP contribution in [0.3, 0.4) is 0 Å². The van der Waals surface area contributed by atoms with Gasteiger partial charge in [0.05, 0.1) is 33.5 Å². The number of fused-ring (bicyclic) bond motifs is 9. The van der Waals surface area contributed by atoms with Crippen LogP contribution in [-0.4, -0.2) is 116 Å². The van der Waals surface area contributed by atoms with Crippen LogP contribution in [0.2, 0.25) is 0 Å². The molecule has 11 heteroatoms. The Morgan fingerprint density at radius 2 is 1.77 bits per heavy atom. The summed E-state index contributed by atoms with van der Waals surface area (Å²) in [5, 5.41) is 20.7. The van der Waals surface area contributed by atoms with Crippen LogP contribution >= 0.6 is 0 Å². The van der Waals surface area contributed by atoms with Crippen molar-refractivity contribution in [1.29, 1.82) is 0 Å². The van der Waals surface area contributed by atoms with E-state index in [2.05, 4.69) is 76.2 Å². The fourth-order valence-corrected chi connectivity index (χ4v) is 12.7. The van der Waals surface area contributed by atoms with E-state index in [0.717, 1.165) is 102 Å². The van der Waals surface area contributed by atoms with Gasteiger partial charge in [-0.15, -0.1) is 0 Å². The van der Waals surface area contributed by atoms with E-state index in [-0.39, 0.29) is 42.5 Å². The number of esters is 2. The number of aromatic nitrogens is 2. The van der Waals surface area contributed by atoms with E-state index in [4.69, 9.17) is 19.3 Å². The van der Waals surface area contributed by atoms with E-state index >= 15 is 0 Å². The molecule has 0 amide bonds. The van der Waals surface area contributed by atoms with Crippen molar-refractivity contribution in [1.82, 2.24) is 19.8 Å². The number of ether oxygens (including phenoxy) is 3. The molecule has 6 bridgehead atoms. The topological polar surface area (TPSA) is 140 Å². The zero-order valence-corrected chi connectivity index (χ0v) is 33.9. The highest BCUT2D eigenvalue weighted by Crippen LogP contribution is 2.58. The lowest BCUT2D eigenvalue weighted by Crippen LogP contribution is -2.67. The number of hydrogen-bond acceptors (Lipinski definition) is 9. The molecule has 0 radical (unpaired) electrons. The molecule has 9 atom stereocenters. The predicted octanol–water partition coefficient (Wildman–Crippen LogP) is 5.46. The highest BCUT2D eigenvalue weighted by molar-refractivity contribution is 5.95. The van der Waals surface area contributed by atoms with Crippen LogP contribution in [0.1, 0.15) is 73.5 Å². The van der Waals surface area contributed by atoms with Crippen LogP contribution in [0, 0.1) is 23.2 Å². The van der Waals surface area contributed by atoms with Gasteiger partial charge >= 0.3 is 11.9 Å². The standard InChI is InChI=1S/C44H54N4O6.CH4O/c1-7-25-17-24-20-43(41(50)53-5)39-29(15-16-48(21-24)40(25)43)28-13-14-34(52-4)36(38(28)46-39)31-18-32-26(8-2)22-47(3)35(44(32,23-49)42(51)54-6)19-30-27-11-9-10-12-33(27)45-37(30)31;1-2/h8-14,24-25,31-32,35,40,45-46,49H,7,15-23H2,1-6H3;2H,1H3/b26-8-;/t24-,25+,31-,32+,35+,40+,43-,44+;/m1./s1. The molecule has 2 aromatic heterocycles. The van der Waals surface area contributed by atoms with Crippen molar-refractivity contribution < 1.29 is 34.0 Å². The van der Waals surface area contributed by atoms with Gasteiger partial charge in [-0.05, 0) is 87.2 Å². The maximum absolute atomic E-state index is 14.4. The first-order valence-electron chi connectivity index (χ1n) is 20.3. The number of H-pyrrole nitrogens is 2. The maximum atomic E-state index is 14.4. The molecule has 0 spiro atoms. The number of likely N-dealkylation sites (tertiary alicyclic amines) is 1. The Kier molecular flexibility index (Phi) is 10.1. The smallest absolute Gasteiger partial charge is 0.319 e. The SMILES string of the molecule is C/C=C1/CN(C)[C@H]2Cc3c([nH]c4ccccc34)[C@@H](c3c(OC)ccc4c5c([nH]c34)[C@]3(C(=O)OC)C[C@H]4C[C@H](CC)[C@@H]3N(CC5)C4)C[C@@H]1[C@]2(CO)C(=O)OC.CO. The Hall–Kier alpha value is -4.16. The molecule has 10 rings (SSSR count). The van der Waals surface area contributed by atoms with Crippen LogP contribution in [0.25, 0.3) is 21.8 Å². The number of hydrogen-bond donors (Lipinski definition) is 4. The van der Waals surface area contributed by atoms with Gasteiger partial charge in [-0.1, -0.05) is 43.2 Å². The molecule has 6 aliphatic rings. The van der Waals surface area contributed by atoms with Crippen molar-refractivity contribution in [3.63, 3.8) is 0 Å². The summed E-state index contributed by atoms with van der Waals surface area (Å²) in [6, 6.07) is 12.4. The minimum Gasteiger partial charge on any atom is -0.496 e. The minimum atomic E-state index is -1.19. The second-order valence-electron chi connectivity index (χ2n) is 16.8. The average Bonchev–Trinajstić information content (AvgIpc) is 3.77. The summed E-state index contributed by atoms with van der Waals surface area (Å²) in [6.07, 6.45) is 6.99. The van der Waals surface area contributed by atoms with Crippen molar-refractivity contribution in [2.45, 2.75) is 75.8 Å². The number of likely N-dealkylation sites (N-methyl/N-ethyl adjacent to an activating group) is 1. The zero-order valence-electron chi connectivity index (χ0n) is 33.9. The van der Waals surface area contributed by atoms with Crippen LogP contribution in [0.4, 0.5) is 0 Å². The van der Waals surface area contributed by atoms with Gasteiger partial charge in [0.1, 0.15) is 16.6 Å². The molecule has 1 unspecified atom stereocenters. The van der Waals surface area contributed by atoms with Crippen molar-refractivity contribution in [2.75, 3.05) is 61.7 Å². The van der Waals surface area contributed by atoms with Crippen molar-refractivity contribution in [2.24, 2.45) is 23.2 Å². The minimum absolute atomic E-state index is 0.0694. The first-order valence-corrected chi connectivity index (χ1v) is 20.3. The van der Waals surface area contributed by atoms with Gasteiger partial charge in [0.25, 0.3) is 0 Å². The van der Waals surface area contributed by atoms with Gasteiger partial charge in [0.15, 0.2) is 0 Å². The number of allylic oxidation sites excluding steroid dienone is 1. The van der Waals surface area contributed by atoms with Crippen molar-refractivity contribution in [3.05, 3.63) is 76.1 Å². The Labute approximate surface area is 329 Å². The lowest BCUT2D eigenvalue weighted by Gasteiger charge is -2.57. The molecule has 3 saturated heterocycles. The lowest BCUT2D eigenvalue weighted by molar-refractivity contribution is -0.169. The number of nitrogens with zero attached hydrogens (tertiary/aromatic N) is 2. The van der Waals surface area contributed by atoms with Gasteiger partial charge in [-0.2, -0.15) is 0 Å². The lowest BCUT2D eigenvalue weighted by atomic mass is 9.56. The van der Waals surface area contributed by atoms with E-state index in [9.17, 15) is 14.7 Å². The third kappa shape index (κ3) is 5.23. The number of carbonyl (C=O) groups is 2. The molecule has 1 saturated carbocycles. The summed E-state index contributed by atoms with van der Waals surface area (Å²) in [4.78, 5) is 41.4. The fourth-order valence-electron chi connectivity index (χ4n) is 12.7. The number of aliphatic hydroxyl groups is 2. The predicted molar refractivity (Wildman–Crippen MR) is 216 cm³/mol. The normalized spacial score (nSPS) is 32.7. The first kappa shape index (κ1) is 38.7. The third-order valence-electron chi connectivity index (χ3n) is 14.8. The Morgan fingerprint density at radius 3 is 2.46 bits per heavy atom. The van der Waals surface area contributed by atoms with E-state index in [1.54, 1.807) is 14.2 Å². The Bertz CT molecular complexity index is 2190. The molecular formula is C45H58N4O7. The van der Waals surface area contributed by atoms with Crippen molar-refractivity contribution >= 4 is 33.7 Å². The second kappa shape index (κ2) is 14.7. The molecule has 56 heavy (non-hydrogen) atoms. The molecule has 2 aliphatic carbocycles. The number of para-hydroxylation sites is 1. The Morgan fingerprint density at radius 1 is 1.00 bits per heavy atom. The highest BCUT2D eigenvalue weighted by atomic mass is 16.5. The van der Waals surface area contributed by atoms with E-state index < -0.39 is 10.8 Å². The summed E-state index contributed by atoms with van der Waals surface area (Å²) in [5.74, 6) is 0.479.